The third-order valence-corrected chi connectivity index (χ3v) is 5.07. The first-order valence-corrected chi connectivity index (χ1v) is 7.21. The van der Waals surface area contributed by atoms with Crippen molar-refractivity contribution in [1.82, 2.24) is 0 Å². The van der Waals surface area contributed by atoms with Gasteiger partial charge in [-0.1, -0.05) is 12.1 Å². The molecule has 0 aromatic heterocycles. The molecule has 5 atom stereocenters. The van der Waals surface area contributed by atoms with Crippen molar-refractivity contribution in [2.24, 2.45) is 23.7 Å². The van der Waals surface area contributed by atoms with Crippen LogP contribution in [-0.2, 0) is 14.3 Å². The van der Waals surface area contributed by atoms with Gasteiger partial charge in [-0.25, -0.2) is 0 Å². The molecule has 0 radical (unpaired) electrons. The summed E-state index contributed by atoms with van der Waals surface area (Å²) >= 11 is 0. The Morgan fingerprint density at radius 1 is 1.35 bits per heavy atom. The Kier molecular flexibility index (Phi) is 2.43. The Labute approximate surface area is 117 Å². The van der Waals surface area contributed by atoms with E-state index < -0.39 is 0 Å². The Balaban J connectivity index is 1.56. The van der Waals surface area contributed by atoms with E-state index in [2.05, 4.69) is 5.32 Å². The molecule has 1 N–H and O–H groups in total. The highest BCUT2D eigenvalue weighted by atomic mass is 16.6. The second kappa shape index (κ2) is 4.08. The van der Waals surface area contributed by atoms with E-state index in [-0.39, 0.29) is 35.7 Å². The van der Waals surface area contributed by atoms with E-state index in [4.69, 9.17) is 4.74 Å². The van der Waals surface area contributed by atoms with Gasteiger partial charge in [0.25, 0.3) is 0 Å². The van der Waals surface area contributed by atoms with Crippen molar-refractivity contribution in [3.63, 3.8) is 0 Å². The van der Waals surface area contributed by atoms with E-state index in [1.165, 1.54) is 0 Å². The lowest BCUT2D eigenvalue weighted by molar-refractivity contribution is -0.145. The van der Waals surface area contributed by atoms with Gasteiger partial charge in [0, 0.05) is 11.6 Å². The Morgan fingerprint density at radius 3 is 3.00 bits per heavy atom. The van der Waals surface area contributed by atoms with Crippen LogP contribution in [0.3, 0.4) is 0 Å². The first-order valence-electron chi connectivity index (χ1n) is 7.21. The molecule has 2 aliphatic carbocycles. The molecule has 1 aromatic rings. The van der Waals surface area contributed by atoms with Crippen LogP contribution in [0.5, 0.6) is 0 Å². The van der Waals surface area contributed by atoms with Gasteiger partial charge in [-0.15, -0.1) is 0 Å². The first-order chi connectivity index (χ1) is 9.63. The molecule has 2 saturated carbocycles. The molecule has 4 heteroatoms. The SMILES string of the molecule is Cc1cccc(NC(=O)[C@@H]2[C@@H]3C[C@@H]4[C@@H]2C(=O)O[C@@H]4C3)c1. The summed E-state index contributed by atoms with van der Waals surface area (Å²) in [4.78, 5) is 24.4. The summed E-state index contributed by atoms with van der Waals surface area (Å²) < 4.78 is 5.37. The lowest BCUT2D eigenvalue weighted by Crippen LogP contribution is -2.35. The lowest BCUT2D eigenvalue weighted by Gasteiger charge is -2.23. The van der Waals surface area contributed by atoms with Crippen molar-refractivity contribution in [1.29, 1.82) is 0 Å². The number of fused-ring (bicyclic) bond motifs is 1. The summed E-state index contributed by atoms with van der Waals surface area (Å²) in [6.07, 6.45) is 1.91. The van der Waals surface area contributed by atoms with Crippen LogP contribution in [0.15, 0.2) is 24.3 Å². The van der Waals surface area contributed by atoms with E-state index in [9.17, 15) is 9.59 Å². The number of nitrogens with one attached hydrogen (secondary N) is 1. The number of aryl methyl sites for hydroxylation is 1. The van der Waals surface area contributed by atoms with Crippen LogP contribution in [-0.4, -0.2) is 18.0 Å². The van der Waals surface area contributed by atoms with Crippen molar-refractivity contribution in [2.75, 3.05) is 5.32 Å². The van der Waals surface area contributed by atoms with Crippen LogP contribution in [0.25, 0.3) is 0 Å². The number of rotatable bonds is 2. The van der Waals surface area contributed by atoms with Crippen molar-refractivity contribution < 1.29 is 14.3 Å². The summed E-state index contributed by atoms with van der Waals surface area (Å²) in [5.41, 5.74) is 1.91. The predicted molar refractivity (Wildman–Crippen MR) is 72.9 cm³/mol. The number of carbonyl (C=O) groups excluding carboxylic acids is 2. The minimum Gasteiger partial charge on any atom is -0.462 e. The van der Waals surface area contributed by atoms with Crippen LogP contribution in [0.4, 0.5) is 5.69 Å². The normalized spacial score (nSPS) is 37.0. The Morgan fingerprint density at radius 2 is 2.20 bits per heavy atom. The third-order valence-electron chi connectivity index (χ3n) is 5.07. The molecule has 4 rings (SSSR count). The Hall–Kier alpha value is -1.84. The largest absolute Gasteiger partial charge is 0.462 e. The van der Waals surface area contributed by atoms with Gasteiger partial charge >= 0.3 is 5.97 Å². The topological polar surface area (TPSA) is 55.4 Å². The van der Waals surface area contributed by atoms with Gasteiger partial charge in [-0.05, 0) is 43.4 Å². The zero-order chi connectivity index (χ0) is 13.9. The fourth-order valence-electron chi connectivity index (χ4n) is 4.31. The van der Waals surface area contributed by atoms with Gasteiger partial charge < -0.3 is 10.1 Å². The van der Waals surface area contributed by atoms with Gasteiger partial charge in [0.2, 0.25) is 5.91 Å². The number of carbonyl (C=O) groups is 2. The molecule has 2 bridgehead atoms. The highest BCUT2D eigenvalue weighted by molar-refractivity contribution is 5.97. The summed E-state index contributed by atoms with van der Waals surface area (Å²) in [5, 5.41) is 2.97. The maximum absolute atomic E-state index is 12.5. The second-order valence-electron chi connectivity index (χ2n) is 6.28. The highest BCUT2D eigenvalue weighted by Crippen LogP contribution is 2.57. The van der Waals surface area contributed by atoms with E-state index >= 15 is 0 Å². The summed E-state index contributed by atoms with van der Waals surface area (Å²) in [6, 6.07) is 7.74. The minimum atomic E-state index is -0.205. The molecule has 1 aliphatic heterocycles. The van der Waals surface area contributed by atoms with E-state index in [0.717, 1.165) is 24.1 Å². The van der Waals surface area contributed by atoms with Gasteiger partial charge in [-0.2, -0.15) is 0 Å². The second-order valence-corrected chi connectivity index (χ2v) is 6.28. The molecule has 3 aliphatic rings. The highest BCUT2D eigenvalue weighted by Gasteiger charge is 2.63. The zero-order valence-electron chi connectivity index (χ0n) is 11.3. The van der Waals surface area contributed by atoms with Crippen LogP contribution in [0.2, 0.25) is 0 Å². The first kappa shape index (κ1) is 11.9. The van der Waals surface area contributed by atoms with Crippen molar-refractivity contribution in [2.45, 2.75) is 25.9 Å². The average Bonchev–Trinajstić information content (AvgIpc) is 2.99. The summed E-state index contributed by atoms with van der Waals surface area (Å²) in [6.45, 7) is 1.99. The Bertz CT molecular complexity index is 595. The number of anilines is 1. The molecular weight excluding hydrogens is 254 g/mol. The third kappa shape index (κ3) is 1.60. The molecule has 0 spiro atoms. The molecule has 1 aromatic carbocycles. The van der Waals surface area contributed by atoms with E-state index in [1.807, 2.05) is 31.2 Å². The maximum Gasteiger partial charge on any atom is 0.310 e. The molecule has 20 heavy (non-hydrogen) atoms. The van der Waals surface area contributed by atoms with Gasteiger partial charge in [-0.3, -0.25) is 9.59 Å². The summed E-state index contributed by atoms with van der Waals surface area (Å²) in [5.74, 6) is -0.00266. The lowest BCUT2D eigenvalue weighted by atomic mass is 9.79. The number of amides is 1. The monoisotopic (exact) mass is 271 g/mol. The van der Waals surface area contributed by atoms with Crippen molar-refractivity contribution in [3.8, 4) is 0 Å². The minimum absolute atomic E-state index is 0.0228. The van der Waals surface area contributed by atoms with Crippen molar-refractivity contribution in [3.05, 3.63) is 29.8 Å². The van der Waals surface area contributed by atoms with Crippen LogP contribution in [0, 0.1) is 30.6 Å². The van der Waals surface area contributed by atoms with E-state index in [1.54, 1.807) is 0 Å². The maximum atomic E-state index is 12.5. The molecule has 104 valence electrons. The molecule has 1 saturated heterocycles. The van der Waals surface area contributed by atoms with Crippen LogP contribution >= 0.6 is 0 Å². The molecule has 4 nitrogen and oxygen atoms in total. The average molecular weight is 271 g/mol. The summed E-state index contributed by atoms with van der Waals surface area (Å²) in [7, 11) is 0. The smallest absolute Gasteiger partial charge is 0.310 e. The number of benzene rings is 1. The number of ether oxygens (including phenoxy) is 1. The van der Waals surface area contributed by atoms with Gasteiger partial charge in [0.05, 0.1) is 11.8 Å². The quantitative estimate of drug-likeness (QED) is 0.838. The van der Waals surface area contributed by atoms with Crippen LogP contribution in [0.1, 0.15) is 18.4 Å². The predicted octanol–water partition coefficient (Wildman–Crippen LogP) is 2.13. The van der Waals surface area contributed by atoms with Crippen molar-refractivity contribution >= 4 is 17.6 Å². The zero-order valence-corrected chi connectivity index (χ0v) is 11.3. The molecular formula is C16H17NO3. The van der Waals surface area contributed by atoms with Gasteiger partial charge in [0.15, 0.2) is 0 Å². The molecule has 1 amide bonds. The van der Waals surface area contributed by atoms with Gasteiger partial charge in [0.1, 0.15) is 6.10 Å². The van der Waals surface area contributed by atoms with E-state index in [0.29, 0.717) is 5.92 Å². The molecule has 3 fully saturated rings. The number of esters is 1. The molecule has 1 heterocycles. The number of hydrogen-bond acceptors (Lipinski definition) is 3. The fraction of sp³-hybridized carbons (Fsp3) is 0.500. The standard InChI is InChI=1S/C16H17NO3/c1-8-3-2-4-10(5-8)17-15(18)13-9-6-11-12(7-9)20-16(19)14(11)13/h2-5,9,11-14H,6-7H2,1H3,(H,17,18)/t9-,11+,12-,13-,14+/m1/s1. The fourth-order valence-corrected chi connectivity index (χ4v) is 4.31. The molecule has 0 unspecified atom stereocenters. The van der Waals surface area contributed by atoms with Crippen LogP contribution < -0.4 is 5.32 Å². The number of hydrogen-bond donors (Lipinski definition) is 1.